The third-order valence-electron chi connectivity index (χ3n) is 4.73. The maximum absolute atomic E-state index is 12.5. The average Bonchev–Trinajstić information content (AvgIpc) is 3.47. The third kappa shape index (κ3) is 5.17. The summed E-state index contributed by atoms with van der Waals surface area (Å²) in [6.45, 7) is 0.351. The lowest BCUT2D eigenvalue weighted by atomic mass is 10.0. The van der Waals surface area contributed by atoms with E-state index in [9.17, 15) is 14.4 Å². The van der Waals surface area contributed by atoms with Gasteiger partial charge in [0.1, 0.15) is 0 Å². The smallest absolute Gasteiger partial charge is 0.306 e. The summed E-state index contributed by atoms with van der Waals surface area (Å²) in [6.07, 6.45) is 0.690. The van der Waals surface area contributed by atoms with E-state index >= 15 is 0 Å². The second kappa shape index (κ2) is 8.49. The van der Waals surface area contributed by atoms with Crippen LogP contribution in [0.5, 0.6) is 0 Å². The highest BCUT2D eigenvalue weighted by Gasteiger charge is 2.43. The Labute approximate surface area is 157 Å². The lowest BCUT2D eigenvalue weighted by Crippen LogP contribution is -2.34. The summed E-state index contributed by atoms with van der Waals surface area (Å²) in [4.78, 5) is 35.7. The van der Waals surface area contributed by atoms with E-state index in [-0.39, 0.29) is 30.1 Å². The molecule has 3 rings (SSSR count). The van der Waals surface area contributed by atoms with Crippen LogP contribution < -0.4 is 10.6 Å². The number of carboxylic acids is 1. The molecule has 1 aliphatic carbocycles. The van der Waals surface area contributed by atoms with Gasteiger partial charge in [0.25, 0.3) is 5.91 Å². The Hall–Kier alpha value is -3.15. The van der Waals surface area contributed by atoms with Crippen LogP contribution in [0.15, 0.2) is 60.7 Å². The van der Waals surface area contributed by atoms with Crippen LogP contribution in [-0.4, -0.2) is 29.4 Å². The Bertz CT molecular complexity index is 807. The van der Waals surface area contributed by atoms with Gasteiger partial charge >= 0.3 is 5.97 Å². The zero-order valence-electron chi connectivity index (χ0n) is 14.8. The number of carbonyl (C=O) groups excluding carboxylic acids is 2. The summed E-state index contributed by atoms with van der Waals surface area (Å²) in [6, 6.07) is 17.7. The zero-order chi connectivity index (χ0) is 19.2. The molecule has 0 heterocycles. The van der Waals surface area contributed by atoms with Crippen molar-refractivity contribution in [3.8, 4) is 0 Å². The molecule has 1 aliphatic rings. The van der Waals surface area contributed by atoms with E-state index < -0.39 is 12.0 Å². The van der Waals surface area contributed by atoms with Gasteiger partial charge in [0.05, 0.1) is 18.4 Å². The van der Waals surface area contributed by atoms with Crippen LogP contribution in [0.25, 0.3) is 0 Å². The molecule has 140 valence electrons. The summed E-state index contributed by atoms with van der Waals surface area (Å²) in [5, 5.41) is 14.6. The molecular weight excluding hydrogens is 344 g/mol. The van der Waals surface area contributed by atoms with Gasteiger partial charge in [-0.15, -0.1) is 0 Å². The first-order valence-corrected chi connectivity index (χ1v) is 8.95. The fraction of sp³-hybridized carbons (Fsp3) is 0.286. The molecule has 0 saturated heterocycles. The predicted molar refractivity (Wildman–Crippen MR) is 100.0 cm³/mol. The van der Waals surface area contributed by atoms with Gasteiger partial charge < -0.3 is 15.7 Å². The first-order valence-electron chi connectivity index (χ1n) is 8.95. The first kappa shape index (κ1) is 18.6. The minimum Gasteiger partial charge on any atom is -0.481 e. The molecular formula is C21H22N2O4. The molecule has 3 N–H and O–H groups in total. The second-order valence-corrected chi connectivity index (χ2v) is 6.75. The SMILES string of the molecule is O=C(CC(NC(=O)c1ccccc1)c1ccccc1)NC[C@H]1C[C@H]1C(=O)O. The average molecular weight is 366 g/mol. The van der Waals surface area contributed by atoms with Gasteiger partial charge in [-0.1, -0.05) is 48.5 Å². The molecule has 0 aliphatic heterocycles. The van der Waals surface area contributed by atoms with E-state index in [0.717, 1.165) is 5.56 Å². The van der Waals surface area contributed by atoms with Crippen molar-refractivity contribution in [2.24, 2.45) is 11.8 Å². The normalized spacial score (nSPS) is 19.0. The molecule has 1 saturated carbocycles. The summed E-state index contributed by atoms with van der Waals surface area (Å²) >= 11 is 0. The molecule has 1 fully saturated rings. The third-order valence-corrected chi connectivity index (χ3v) is 4.73. The van der Waals surface area contributed by atoms with E-state index in [0.29, 0.717) is 18.5 Å². The Balaban J connectivity index is 1.61. The molecule has 2 aromatic carbocycles. The van der Waals surface area contributed by atoms with Crippen LogP contribution in [-0.2, 0) is 9.59 Å². The van der Waals surface area contributed by atoms with E-state index in [1.54, 1.807) is 24.3 Å². The summed E-state index contributed by atoms with van der Waals surface area (Å²) < 4.78 is 0. The van der Waals surface area contributed by atoms with Crippen molar-refractivity contribution in [1.82, 2.24) is 10.6 Å². The zero-order valence-corrected chi connectivity index (χ0v) is 14.8. The fourth-order valence-electron chi connectivity index (χ4n) is 3.05. The standard InChI is InChI=1S/C21H22N2O4/c24-19(22-13-16-11-17(16)21(26)27)12-18(14-7-3-1-4-8-14)23-20(25)15-9-5-2-6-10-15/h1-10,16-18H,11-13H2,(H,22,24)(H,23,25)(H,26,27)/t16-,17-,18?/m1/s1. The van der Waals surface area contributed by atoms with Crippen molar-refractivity contribution in [3.05, 3.63) is 71.8 Å². The number of rotatable bonds is 8. The lowest BCUT2D eigenvalue weighted by molar-refractivity contribution is -0.139. The molecule has 27 heavy (non-hydrogen) atoms. The van der Waals surface area contributed by atoms with Gasteiger partial charge in [-0.05, 0) is 30.0 Å². The van der Waals surface area contributed by atoms with Crippen LogP contribution in [0.4, 0.5) is 0 Å². The van der Waals surface area contributed by atoms with E-state index in [4.69, 9.17) is 5.11 Å². The molecule has 0 aromatic heterocycles. The van der Waals surface area contributed by atoms with Gasteiger partial charge in [0, 0.05) is 12.1 Å². The van der Waals surface area contributed by atoms with Gasteiger partial charge in [0.15, 0.2) is 0 Å². The van der Waals surface area contributed by atoms with Gasteiger partial charge in [-0.2, -0.15) is 0 Å². The molecule has 2 aromatic rings. The topological polar surface area (TPSA) is 95.5 Å². The maximum Gasteiger partial charge on any atom is 0.306 e. The summed E-state index contributed by atoms with van der Waals surface area (Å²) in [5.74, 6) is -1.63. The number of carboxylic acid groups (broad SMARTS) is 1. The monoisotopic (exact) mass is 366 g/mol. The Morgan fingerprint density at radius 3 is 2.22 bits per heavy atom. The van der Waals surface area contributed by atoms with Crippen molar-refractivity contribution in [3.63, 3.8) is 0 Å². The van der Waals surface area contributed by atoms with Gasteiger partial charge in [0.2, 0.25) is 5.91 Å². The number of benzene rings is 2. The number of nitrogens with one attached hydrogen (secondary N) is 2. The molecule has 0 radical (unpaired) electrons. The fourth-order valence-corrected chi connectivity index (χ4v) is 3.05. The van der Waals surface area contributed by atoms with Gasteiger partial charge in [-0.3, -0.25) is 14.4 Å². The van der Waals surface area contributed by atoms with E-state index in [2.05, 4.69) is 10.6 Å². The molecule has 0 bridgehead atoms. The lowest BCUT2D eigenvalue weighted by Gasteiger charge is -2.19. The maximum atomic E-state index is 12.5. The van der Waals surface area contributed by atoms with Crippen molar-refractivity contribution in [2.45, 2.75) is 18.9 Å². The highest BCUT2D eigenvalue weighted by molar-refractivity contribution is 5.94. The summed E-state index contributed by atoms with van der Waals surface area (Å²) in [7, 11) is 0. The van der Waals surface area contributed by atoms with Crippen molar-refractivity contribution >= 4 is 17.8 Å². The Kier molecular flexibility index (Phi) is 5.86. The van der Waals surface area contributed by atoms with Crippen LogP contribution in [0.2, 0.25) is 0 Å². The Morgan fingerprint density at radius 2 is 1.63 bits per heavy atom. The highest BCUT2D eigenvalue weighted by atomic mass is 16.4. The second-order valence-electron chi connectivity index (χ2n) is 6.75. The number of hydrogen-bond acceptors (Lipinski definition) is 3. The quantitative estimate of drug-likeness (QED) is 0.668. The minimum absolute atomic E-state index is 0.000496. The summed E-state index contributed by atoms with van der Waals surface area (Å²) in [5.41, 5.74) is 1.37. The molecule has 2 amide bonds. The highest BCUT2D eigenvalue weighted by Crippen LogP contribution is 2.37. The van der Waals surface area contributed by atoms with Crippen molar-refractivity contribution in [1.29, 1.82) is 0 Å². The van der Waals surface area contributed by atoms with Crippen LogP contribution in [0, 0.1) is 11.8 Å². The largest absolute Gasteiger partial charge is 0.481 e. The minimum atomic E-state index is -0.813. The molecule has 3 atom stereocenters. The predicted octanol–water partition coefficient (Wildman–Crippen LogP) is 2.38. The first-order chi connectivity index (χ1) is 13.0. The molecule has 6 heteroatoms. The number of carbonyl (C=O) groups is 3. The van der Waals surface area contributed by atoms with E-state index in [1.165, 1.54) is 0 Å². The number of aliphatic carboxylic acids is 1. The van der Waals surface area contributed by atoms with E-state index in [1.807, 2.05) is 36.4 Å². The molecule has 0 spiro atoms. The van der Waals surface area contributed by atoms with Gasteiger partial charge in [-0.25, -0.2) is 0 Å². The van der Waals surface area contributed by atoms with Crippen LogP contribution in [0.3, 0.4) is 0 Å². The number of amides is 2. The van der Waals surface area contributed by atoms with Crippen LogP contribution in [0.1, 0.15) is 34.8 Å². The molecule has 1 unspecified atom stereocenters. The number of hydrogen-bond donors (Lipinski definition) is 3. The van der Waals surface area contributed by atoms with Crippen molar-refractivity contribution < 1.29 is 19.5 Å². The Morgan fingerprint density at radius 1 is 1.00 bits per heavy atom. The molecule has 6 nitrogen and oxygen atoms in total. The van der Waals surface area contributed by atoms with Crippen molar-refractivity contribution in [2.75, 3.05) is 6.54 Å². The van der Waals surface area contributed by atoms with Crippen LogP contribution >= 0.6 is 0 Å².